The number of anilines is 2. The zero-order valence-electron chi connectivity index (χ0n) is 13.7. The van der Waals surface area contributed by atoms with Crippen LogP contribution in [0.1, 0.15) is 30.9 Å². The molecule has 0 radical (unpaired) electrons. The average molecular weight is 342 g/mol. The number of carbonyl (C=O) groups is 1. The third kappa shape index (κ3) is 6.01. The van der Waals surface area contributed by atoms with E-state index in [0.29, 0.717) is 5.11 Å². The van der Waals surface area contributed by atoms with Gasteiger partial charge in [0.15, 0.2) is 5.11 Å². The van der Waals surface area contributed by atoms with Crippen molar-refractivity contribution in [3.05, 3.63) is 59.7 Å². The van der Waals surface area contributed by atoms with Crippen LogP contribution in [0.15, 0.2) is 48.5 Å². The third-order valence-corrected chi connectivity index (χ3v) is 3.80. The fourth-order valence-corrected chi connectivity index (χ4v) is 2.55. The van der Waals surface area contributed by atoms with E-state index in [1.165, 1.54) is 18.4 Å². The molecule has 5 heteroatoms. The number of benzene rings is 2. The van der Waals surface area contributed by atoms with Crippen molar-refractivity contribution in [2.75, 3.05) is 10.6 Å². The van der Waals surface area contributed by atoms with Gasteiger partial charge in [0.2, 0.25) is 0 Å². The Kier molecular flexibility index (Phi) is 6.75. The molecule has 0 aliphatic heterocycles. The van der Waals surface area contributed by atoms with E-state index in [1.54, 1.807) is 12.1 Å². The molecule has 0 unspecified atom stereocenters. The number of nitrogens with one attached hydrogen (secondary N) is 2. The topological polar surface area (TPSA) is 61.4 Å². The van der Waals surface area contributed by atoms with Gasteiger partial charge < -0.3 is 15.7 Å². The van der Waals surface area contributed by atoms with Crippen LogP contribution in [0.4, 0.5) is 11.4 Å². The first-order valence-electron chi connectivity index (χ1n) is 8.04. The first kappa shape index (κ1) is 17.9. The number of rotatable bonds is 7. The van der Waals surface area contributed by atoms with Crippen molar-refractivity contribution in [1.29, 1.82) is 0 Å². The summed E-state index contributed by atoms with van der Waals surface area (Å²) in [6.07, 6.45) is 3.51. The van der Waals surface area contributed by atoms with Gasteiger partial charge in [-0.05, 0) is 60.5 Å². The summed E-state index contributed by atoms with van der Waals surface area (Å²) in [4.78, 5) is 10.7. The summed E-state index contributed by atoms with van der Waals surface area (Å²) >= 11 is 5.31. The number of hydrogen-bond donors (Lipinski definition) is 3. The predicted molar refractivity (Wildman–Crippen MR) is 103 cm³/mol. The fourth-order valence-electron chi connectivity index (χ4n) is 2.31. The van der Waals surface area contributed by atoms with Gasteiger partial charge in [-0.15, -0.1) is 0 Å². The lowest BCUT2D eigenvalue weighted by molar-refractivity contribution is -0.136. The average Bonchev–Trinajstić information content (AvgIpc) is 2.55. The van der Waals surface area contributed by atoms with Crippen LogP contribution < -0.4 is 10.6 Å². The van der Waals surface area contributed by atoms with E-state index in [2.05, 4.69) is 29.7 Å². The summed E-state index contributed by atoms with van der Waals surface area (Å²) in [5, 5.41) is 15.5. The lowest BCUT2D eigenvalue weighted by Gasteiger charge is -2.11. The second-order valence-corrected chi connectivity index (χ2v) is 6.06. The molecular weight excluding hydrogens is 320 g/mol. The van der Waals surface area contributed by atoms with Crippen LogP contribution in [0.5, 0.6) is 0 Å². The molecule has 3 N–H and O–H groups in total. The molecule has 0 aliphatic rings. The second-order valence-electron chi connectivity index (χ2n) is 5.65. The Labute approximate surface area is 147 Å². The van der Waals surface area contributed by atoms with E-state index in [9.17, 15) is 4.79 Å². The molecule has 0 fully saturated rings. The molecule has 0 amide bonds. The van der Waals surface area contributed by atoms with E-state index in [0.717, 1.165) is 23.4 Å². The molecule has 24 heavy (non-hydrogen) atoms. The Morgan fingerprint density at radius 3 is 1.92 bits per heavy atom. The van der Waals surface area contributed by atoms with Crippen molar-refractivity contribution in [3.8, 4) is 0 Å². The highest BCUT2D eigenvalue weighted by Crippen LogP contribution is 2.14. The van der Waals surface area contributed by atoms with Crippen molar-refractivity contribution in [1.82, 2.24) is 0 Å². The van der Waals surface area contributed by atoms with Crippen LogP contribution in [0, 0.1) is 0 Å². The Hall–Kier alpha value is -2.40. The van der Waals surface area contributed by atoms with Crippen molar-refractivity contribution >= 4 is 34.7 Å². The highest BCUT2D eigenvalue weighted by Gasteiger charge is 2.02. The Morgan fingerprint density at radius 2 is 1.46 bits per heavy atom. The molecule has 0 saturated carbocycles. The quantitative estimate of drug-likeness (QED) is 0.648. The minimum Gasteiger partial charge on any atom is -0.481 e. The molecule has 0 spiro atoms. The maximum absolute atomic E-state index is 10.7. The van der Waals surface area contributed by atoms with Gasteiger partial charge in [-0.2, -0.15) is 0 Å². The molecule has 2 aromatic rings. The molecule has 2 aromatic carbocycles. The molecule has 126 valence electrons. The molecule has 0 atom stereocenters. The van der Waals surface area contributed by atoms with Crippen molar-refractivity contribution < 1.29 is 9.90 Å². The molecule has 0 aromatic heterocycles. The van der Waals surface area contributed by atoms with Crippen LogP contribution in [-0.4, -0.2) is 16.2 Å². The van der Waals surface area contributed by atoms with Gasteiger partial charge >= 0.3 is 5.97 Å². The molecule has 2 rings (SSSR count). The molecule has 0 aliphatic carbocycles. The number of unbranched alkanes of at least 4 members (excludes halogenated alkanes) is 1. The lowest BCUT2D eigenvalue weighted by atomic mass is 10.1. The summed E-state index contributed by atoms with van der Waals surface area (Å²) < 4.78 is 0. The van der Waals surface area contributed by atoms with E-state index in [4.69, 9.17) is 17.3 Å². The minimum absolute atomic E-state index is 0.0212. The van der Waals surface area contributed by atoms with Gasteiger partial charge in [0, 0.05) is 11.4 Å². The summed E-state index contributed by atoms with van der Waals surface area (Å²) in [6.45, 7) is 2.19. The zero-order valence-corrected chi connectivity index (χ0v) is 14.5. The van der Waals surface area contributed by atoms with Crippen molar-refractivity contribution in [2.45, 2.75) is 32.6 Å². The molecule has 0 saturated heterocycles. The first-order chi connectivity index (χ1) is 11.6. The third-order valence-electron chi connectivity index (χ3n) is 3.60. The Balaban J connectivity index is 1.87. The van der Waals surface area contributed by atoms with Gasteiger partial charge in [0.25, 0.3) is 0 Å². The number of thiocarbonyl (C=S) groups is 1. The van der Waals surface area contributed by atoms with Gasteiger partial charge in [-0.1, -0.05) is 37.6 Å². The first-order valence-corrected chi connectivity index (χ1v) is 8.45. The molecule has 0 bridgehead atoms. The highest BCUT2D eigenvalue weighted by molar-refractivity contribution is 7.80. The monoisotopic (exact) mass is 342 g/mol. The summed E-state index contributed by atoms with van der Waals surface area (Å²) in [5.74, 6) is -0.838. The molecule has 0 heterocycles. The summed E-state index contributed by atoms with van der Waals surface area (Å²) in [7, 11) is 0. The normalized spacial score (nSPS) is 10.2. The van der Waals surface area contributed by atoms with Crippen LogP contribution in [0.2, 0.25) is 0 Å². The number of carboxylic acid groups (broad SMARTS) is 1. The fraction of sp³-hybridized carbons (Fsp3) is 0.263. The Bertz CT molecular complexity index is 682. The van der Waals surface area contributed by atoms with E-state index in [1.807, 2.05) is 24.3 Å². The second kappa shape index (κ2) is 9.03. The van der Waals surface area contributed by atoms with Crippen LogP contribution in [-0.2, 0) is 17.6 Å². The summed E-state index contributed by atoms with van der Waals surface area (Å²) in [6, 6.07) is 15.5. The maximum atomic E-state index is 10.7. The largest absolute Gasteiger partial charge is 0.481 e. The minimum atomic E-state index is -0.838. The number of carboxylic acids is 1. The van der Waals surface area contributed by atoms with Gasteiger partial charge in [0.1, 0.15) is 0 Å². The highest BCUT2D eigenvalue weighted by atomic mass is 32.1. The number of hydrogen-bond acceptors (Lipinski definition) is 2. The van der Waals surface area contributed by atoms with Gasteiger partial charge in [-0.3, -0.25) is 4.79 Å². The summed E-state index contributed by atoms with van der Waals surface area (Å²) in [5.41, 5.74) is 3.85. The predicted octanol–water partition coefficient (Wildman–Crippen LogP) is 4.47. The van der Waals surface area contributed by atoms with Gasteiger partial charge in [0.05, 0.1) is 6.42 Å². The van der Waals surface area contributed by atoms with Crippen LogP contribution in [0.3, 0.4) is 0 Å². The van der Waals surface area contributed by atoms with Crippen molar-refractivity contribution in [3.63, 3.8) is 0 Å². The lowest BCUT2D eigenvalue weighted by Crippen LogP contribution is -2.19. The SMILES string of the molecule is CCCCc1ccc(NC(=S)Nc2ccc(CC(=O)O)cc2)cc1. The van der Waals surface area contributed by atoms with Crippen LogP contribution >= 0.6 is 12.2 Å². The van der Waals surface area contributed by atoms with E-state index < -0.39 is 5.97 Å². The molecule has 4 nitrogen and oxygen atoms in total. The maximum Gasteiger partial charge on any atom is 0.307 e. The molecular formula is C19H22N2O2S. The standard InChI is InChI=1S/C19H22N2O2S/c1-2-3-4-14-5-9-16(10-6-14)20-19(24)21-17-11-7-15(8-12-17)13-18(22)23/h5-12H,2-4,13H2,1H3,(H,22,23)(H2,20,21,24). The smallest absolute Gasteiger partial charge is 0.307 e. The zero-order chi connectivity index (χ0) is 17.4. The van der Waals surface area contributed by atoms with E-state index in [-0.39, 0.29) is 6.42 Å². The number of aliphatic carboxylic acids is 1. The van der Waals surface area contributed by atoms with Crippen molar-refractivity contribution in [2.24, 2.45) is 0 Å². The van der Waals surface area contributed by atoms with Gasteiger partial charge in [-0.25, -0.2) is 0 Å². The van der Waals surface area contributed by atoms with Crippen LogP contribution in [0.25, 0.3) is 0 Å². The van der Waals surface area contributed by atoms with E-state index >= 15 is 0 Å². The Morgan fingerprint density at radius 1 is 0.958 bits per heavy atom. The number of aryl methyl sites for hydroxylation is 1.